The molecular formula is C16H26ClN3O2S. The van der Waals surface area contributed by atoms with E-state index in [1.54, 1.807) is 11.3 Å². The molecule has 0 aliphatic carbocycles. The van der Waals surface area contributed by atoms with Gasteiger partial charge in [0.1, 0.15) is 0 Å². The number of hydrogen-bond donors (Lipinski definition) is 2. The van der Waals surface area contributed by atoms with E-state index in [4.69, 9.17) is 0 Å². The monoisotopic (exact) mass is 359 g/mol. The maximum absolute atomic E-state index is 12.2. The summed E-state index contributed by atoms with van der Waals surface area (Å²) in [5.74, 6) is 0.376. The van der Waals surface area contributed by atoms with Crippen LogP contribution in [0, 0.1) is 5.92 Å². The first-order chi connectivity index (χ1) is 10.7. The number of thiophene rings is 1. The predicted molar refractivity (Wildman–Crippen MR) is 96.1 cm³/mol. The number of carbonyl (C=O) groups is 2. The topological polar surface area (TPSA) is 61.4 Å². The lowest BCUT2D eigenvalue weighted by Crippen LogP contribution is -2.43. The number of hydrogen-bond acceptors (Lipinski definition) is 4. The molecule has 1 saturated heterocycles. The molecule has 0 aromatic carbocycles. The van der Waals surface area contributed by atoms with Crippen LogP contribution >= 0.6 is 23.7 Å². The standard InChI is InChI=1S/C16H25N3O2S.ClH/c1-17-8-5-15(20)19-10-6-13(7-11-19)16(21)18-9-4-14-3-2-12-22-14;/h2-3,12-13,17H,4-11H2,1H3,(H,18,21);1H. The van der Waals surface area contributed by atoms with E-state index in [0.29, 0.717) is 32.6 Å². The van der Waals surface area contributed by atoms with E-state index < -0.39 is 0 Å². The first-order valence-corrected chi connectivity index (χ1v) is 8.81. The number of likely N-dealkylation sites (tertiary alicyclic amines) is 1. The Morgan fingerprint density at radius 3 is 2.65 bits per heavy atom. The number of amides is 2. The number of carbonyl (C=O) groups excluding carboxylic acids is 2. The molecule has 1 aromatic heterocycles. The highest BCUT2D eigenvalue weighted by Gasteiger charge is 2.26. The van der Waals surface area contributed by atoms with Gasteiger partial charge in [-0.15, -0.1) is 23.7 Å². The Hall–Kier alpha value is -1.11. The molecule has 7 heteroatoms. The van der Waals surface area contributed by atoms with E-state index in [9.17, 15) is 9.59 Å². The highest BCUT2D eigenvalue weighted by Crippen LogP contribution is 2.18. The molecule has 1 aliphatic heterocycles. The van der Waals surface area contributed by atoms with Crippen LogP contribution in [0.3, 0.4) is 0 Å². The van der Waals surface area contributed by atoms with Gasteiger partial charge in [0, 0.05) is 43.4 Å². The van der Waals surface area contributed by atoms with E-state index in [1.807, 2.05) is 18.0 Å². The summed E-state index contributed by atoms with van der Waals surface area (Å²) >= 11 is 1.72. The summed E-state index contributed by atoms with van der Waals surface area (Å²) in [4.78, 5) is 27.3. The Morgan fingerprint density at radius 1 is 1.30 bits per heavy atom. The van der Waals surface area contributed by atoms with E-state index >= 15 is 0 Å². The van der Waals surface area contributed by atoms with Crippen LogP contribution in [-0.2, 0) is 16.0 Å². The summed E-state index contributed by atoms with van der Waals surface area (Å²) in [6.07, 6.45) is 2.98. The smallest absolute Gasteiger partial charge is 0.223 e. The summed E-state index contributed by atoms with van der Waals surface area (Å²) < 4.78 is 0. The summed E-state index contributed by atoms with van der Waals surface area (Å²) in [6.45, 7) is 2.81. The SMILES string of the molecule is CNCCC(=O)N1CCC(C(=O)NCCc2cccs2)CC1.Cl. The molecule has 2 N–H and O–H groups in total. The summed E-state index contributed by atoms with van der Waals surface area (Å²) in [5.41, 5.74) is 0. The molecular weight excluding hydrogens is 334 g/mol. The summed E-state index contributed by atoms with van der Waals surface area (Å²) in [5, 5.41) is 8.07. The minimum atomic E-state index is 0. The predicted octanol–water partition coefficient (Wildman–Crippen LogP) is 1.68. The van der Waals surface area contributed by atoms with E-state index in [0.717, 1.165) is 19.3 Å². The minimum Gasteiger partial charge on any atom is -0.355 e. The average molecular weight is 360 g/mol. The lowest BCUT2D eigenvalue weighted by molar-refractivity contribution is -0.135. The zero-order valence-electron chi connectivity index (χ0n) is 13.5. The van der Waals surface area contributed by atoms with Crippen molar-refractivity contribution in [3.8, 4) is 0 Å². The lowest BCUT2D eigenvalue weighted by atomic mass is 9.95. The zero-order valence-corrected chi connectivity index (χ0v) is 15.2. The third kappa shape index (κ3) is 6.49. The van der Waals surface area contributed by atoms with Gasteiger partial charge >= 0.3 is 0 Å². The Labute approximate surface area is 148 Å². The lowest BCUT2D eigenvalue weighted by Gasteiger charge is -2.31. The van der Waals surface area contributed by atoms with E-state index in [1.165, 1.54) is 4.88 Å². The van der Waals surface area contributed by atoms with Crippen molar-refractivity contribution in [1.29, 1.82) is 0 Å². The van der Waals surface area contributed by atoms with Gasteiger partial charge in [0.25, 0.3) is 0 Å². The molecule has 0 atom stereocenters. The number of halogens is 1. The summed E-state index contributed by atoms with van der Waals surface area (Å²) in [7, 11) is 1.85. The minimum absolute atomic E-state index is 0. The van der Waals surface area contributed by atoms with E-state index in [2.05, 4.69) is 22.1 Å². The highest BCUT2D eigenvalue weighted by molar-refractivity contribution is 7.09. The number of nitrogens with zero attached hydrogens (tertiary/aromatic N) is 1. The van der Waals surface area contributed by atoms with Crippen molar-refractivity contribution >= 4 is 35.6 Å². The third-order valence-corrected chi connectivity index (χ3v) is 4.99. The molecule has 0 saturated carbocycles. The first kappa shape index (κ1) is 19.9. The Bertz CT molecular complexity index is 474. The van der Waals surface area contributed by atoms with Crippen LogP contribution < -0.4 is 10.6 Å². The zero-order chi connectivity index (χ0) is 15.8. The fourth-order valence-electron chi connectivity index (χ4n) is 2.69. The van der Waals surface area contributed by atoms with Crippen molar-refractivity contribution < 1.29 is 9.59 Å². The van der Waals surface area contributed by atoms with E-state index in [-0.39, 0.29) is 30.1 Å². The van der Waals surface area contributed by atoms with Crippen molar-refractivity contribution in [1.82, 2.24) is 15.5 Å². The fraction of sp³-hybridized carbons (Fsp3) is 0.625. The molecule has 5 nitrogen and oxygen atoms in total. The molecule has 0 radical (unpaired) electrons. The van der Waals surface area contributed by atoms with Crippen molar-refractivity contribution in [2.24, 2.45) is 5.92 Å². The van der Waals surface area contributed by atoms with Crippen molar-refractivity contribution in [2.75, 3.05) is 33.2 Å². The van der Waals surface area contributed by atoms with Crippen LogP contribution in [0.25, 0.3) is 0 Å². The molecule has 1 aromatic rings. The van der Waals surface area contributed by atoms with Gasteiger partial charge in [0.15, 0.2) is 0 Å². The second kappa shape index (κ2) is 10.6. The maximum Gasteiger partial charge on any atom is 0.223 e. The highest BCUT2D eigenvalue weighted by atomic mass is 35.5. The number of piperidine rings is 1. The molecule has 1 aliphatic rings. The van der Waals surface area contributed by atoms with Crippen LogP contribution in [-0.4, -0.2) is 49.9 Å². The average Bonchev–Trinajstić information content (AvgIpc) is 3.06. The second-order valence-corrected chi connectivity index (χ2v) is 6.66. The molecule has 130 valence electrons. The van der Waals surface area contributed by atoms with Crippen LogP contribution in [0.15, 0.2) is 17.5 Å². The first-order valence-electron chi connectivity index (χ1n) is 7.93. The molecule has 2 rings (SSSR count). The van der Waals surface area contributed by atoms with Crippen LogP contribution in [0.2, 0.25) is 0 Å². The molecule has 2 heterocycles. The van der Waals surface area contributed by atoms with Gasteiger partial charge in [-0.25, -0.2) is 0 Å². The van der Waals surface area contributed by atoms with Gasteiger partial charge < -0.3 is 15.5 Å². The van der Waals surface area contributed by atoms with Crippen molar-refractivity contribution in [3.63, 3.8) is 0 Å². The molecule has 1 fully saturated rings. The Kier molecular flexibility index (Phi) is 9.21. The van der Waals surface area contributed by atoms with Gasteiger partial charge in [-0.05, 0) is 37.8 Å². The van der Waals surface area contributed by atoms with Crippen LogP contribution in [0.5, 0.6) is 0 Å². The van der Waals surface area contributed by atoms with Gasteiger partial charge in [-0.1, -0.05) is 6.07 Å². The normalized spacial score (nSPS) is 15.1. The molecule has 2 amide bonds. The Balaban J connectivity index is 0.00000264. The quantitative estimate of drug-likeness (QED) is 0.778. The van der Waals surface area contributed by atoms with Gasteiger partial charge in [-0.3, -0.25) is 9.59 Å². The van der Waals surface area contributed by atoms with Crippen LogP contribution in [0.1, 0.15) is 24.1 Å². The van der Waals surface area contributed by atoms with Crippen LogP contribution in [0.4, 0.5) is 0 Å². The number of nitrogens with one attached hydrogen (secondary N) is 2. The second-order valence-electron chi connectivity index (χ2n) is 5.63. The van der Waals surface area contributed by atoms with Gasteiger partial charge in [0.05, 0.1) is 0 Å². The Morgan fingerprint density at radius 2 is 2.04 bits per heavy atom. The molecule has 23 heavy (non-hydrogen) atoms. The van der Waals surface area contributed by atoms with Crippen molar-refractivity contribution in [3.05, 3.63) is 22.4 Å². The van der Waals surface area contributed by atoms with Crippen molar-refractivity contribution in [2.45, 2.75) is 25.7 Å². The third-order valence-electron chi connectivity index (χ3n) is 4.06. The number of rotatable bonds is 7. The molecule has 0 spiro atoms. The fourth-order valence-corrected chi connectivity index (χ4v) is 3.40. The molecule has 0 bridgehead atoms. The maximum atomic E-state index is 12.2. The summed E-state index contributed by atoms with van der Waals surface area (Å²) in [6, 6.07) is 4.12. The van der Waals surface area contributed by atoms with Gasteiger partial charge in [0.2, 0.25) is 11.8 Å². The molecule has 0 unspecified atom stereocenters. The van der Waals surface area contributed by atoms with Gasteiger partial charge in [-0.2, -0.15) is 0 Å². The largest absolute Gasteiger partial charge is 0.355 e.